The molecule has 0 radical (unpaired) electrons. The van der Waals surface area contributed by atoms with Crippen LogP contribution in [-0.2, 0) is 0 Å². The molecule has 1 fully saturated rings. The molecule has 0 unspecified atom stereocenters. The third kappa shape index (κ3) is 3.32. The second-order valence-corrected chi connectivity index (χ2v) is 5.80. The van der Waals surface area contributed by atoms with Gasteiger partial charge in [0.25, 0.3) is 5.91 Å². The number of carbonyl (C=O) groups excluding carboxylic acids is 1. The SMILES string of the molecule is COc1ccc(C(=O)N2C[C@H](C)C[C@@H](C)C2)cc1[N+](=O)[O-]. The van der Waals surface area contributed by atoms with Gasteiger partial charge in [0.2, 0.25) is 0 Å². The molecule has 1 saturated heterocycles. The summed E-state index contributed by atoms with van der Waals surface area (Å²) in [5.41, 5.74) is 0.158. The Hall–Kier alpha value is -2.11. The van der Waals surface area contributed by atoms with Crippen molar-refractivity contribution in [3.63, 3.8) is 0 Å². The van der Waals surface area contributed by atoms with Crippen molar-refractivity contribution in [1.29, 1.82) is 0 Å². The van der Waals surface area contributed by atoms with Gasteiger partial charge in [-0.1, -0.05) is 13.8 Å². The Bertz CT molecular complexity index is 549. The van der Waals surface area contributed by atoms with Gasteiger partial charge in [0.15, 0.2) is 5.75 Å². The molecule has 1 aliphatic rings. The predicted octanol–water partition coefficient (Wildman–Crippen LogP) is 2.72. The van der Waals surface area contributed by atoms with Gasteiger partial charge in [-0.05, 0) is 30.4 Å². The number of amides is 1. The molecule has 2 atom stereocenters. The maximum Gasteiger partial charge on any atom is 0.311 e. The third-order valence-corrected chi connectivity index (χ3v) is 3.78. The van der Waals surface area contributed by atoms with Crippen LogP contribution in [0.3, 0.4) is 0 Å². The summed E-state index contributed by atoms with van der Waals surface area (Å²) in [6.45, 7) is 5.63. The summed E-state index contributed by atoms with van der Waals surface area (Å²) in [4.78, 5) is 24.8. The fourth-order valence-electron chi connectivity index (χ4n) is 2.98. The van der Waals surface area contributed by atoms with Gasteiger partial charge in [-0.25, -0.2) is 0 Å². The highest BCUT2D eigenvalue weighted by molar-refractivity contribution is 5.95. The molecule has 6 nitrogen and oxygen atoms in total. The van der Waals surface area contributed by atoms with E-state index in [-0.39, 0.29) is 17.3 Å². The summed E-state index contributed by atoms with van der Waals surface area (Å²) < 4.78 is 4.95. The predicted molar refractivity (Wildman–Crippen MR) is 78.5 cm³/mol. The maximum atomic E-state index is 12.5. The van der Waals surface area contributed by atoms with Crippen molar-refractivity contribution in [1.82, 2.24) is 4.90 Å². The molecule has 0 bridgehead atoms. The molecule has 1 heterocycles. The number of nitro benzene ring substituents is 1. The van der Waals surface area contributed by atoms with Crippen LogP contribution < -0.4 is 4.74 Å². The minimum Gasteiger partial charge on any atom is -0.490 e. The largest absolute Gasteiger partial charge is 0.490 e. The smallest absolute Gasteiger partial charge is 0.311 e. The van der Waals surface area contributed by atoms with Gasteiger partial charge >= 0.3 is 5.69 Å². The van der Waals surface area contributed by atoms with E-state index in [9.17, 15) is 14.9 Å². The van der Waals surface area contributed by atoms with E-state index in [4.69, 9.17) is 4.74 Å². The first-order valence-corrected chi connectivity index (χ1v) is 7.04. The first-order valence-electron chi connectivity index (χ1n) is 7.04. The lowest BCUT2D eigenvalue weighted by Crippen LogP contribution is -2.42. The Morgan fingerprint density at radius 1 is 1.33 bits per heavy atom. The van der Waals surface area contributed by atoms with E-state index in [0.717, 1.165) is 6.42 Å². The van der Waals surface area contributed by atoms with Crippen molar-refractivity contribution in [2.75, 3.05) is 20.2 Å². The standard InChI is InChI=1S/C15H20N2O4/c1-10-6-11(2)9-16(8-10)15(18)12-4-5-14(21-3)13(7-12)17(19)20/h4-5,7,10-11H,6,8-9H2,1-3H3/t10-,11-/m1/s1. The molecule has 0 saturated carbocycles. The van der Waals surface area contributed by atoms with Crippen molar-refractivity contribution in [3.8, 4) is 5.75 Å². The van der Waals surface area contributed by atoms with Gasteiger partial charge in [-0.3, -0.25) is 14.9 Å². The zero-order chi connectivity index (χ0) is 15.6. The average Bonchev–Trinajstić information content (AvgIpc) is 2.44. The summed E-state index contributed by atoms with van der Waals surface area (Å²) in [6.07, 6.45) is 1.10. The average molecular weight is 292 g/mol. The number of methoxy groups -OCH3 is 1. The number of ether oxygens (including phenoxy) is 1. The first-order chi connectivity index (χ1) is 9.92. The zero-order valence-electron chi connectivity index (χ0n) is 12.5. The molecule has 1 aromatic carbocycles. The zero-order valence-corrected chi connectivity index (χ0v) is 12.5. The Labute approximate surface area is 123 Å². The Kier molecular flexibility index (Phi) is 4.45. The molecule has 1 aromatic rings. The highest BCUT2D eigenvalue weighted by Crippen LogP contribution is 2.29. The van der Waals surface area contributed by atoms with Crippen LogP contribution >= 0.6 is 0 Å². The van der Waals surface area contributed by atoms with E-state index >= 15 is 0 Å². The van der Waals surface area contributed by atoms with Gasteiger partial charge in [-0.2, -0.15) is 0 Å². The summed E-state index contributed by atoms with van der Waals surface area (Å²) >= 11 is 0. The summed E-state index contributed by atoms with van der Waals surface area (Å²) in [5, 5.41) is 11.0. The minimum absolute atomic E-state index is 0.154. The third-order valence-electron chi connectivity index (χ3n) is 3.78. The Morgan fingerprint density at radius 2 is 1.95 bits per heavy atom. The van der Waals surface area contributed by atoms with Gasteiger partial charge in [0.1, 0.15) is 0 Å². The van der Waals surface area contributed by atoms with Gasteiger partial charge < -0.3 is 9.64 Å². The second-order valence-electron chi connectivity index (χ2n) is 5.80. The molecule has 114 valence electrons. The topological polar surface area (TPSA) is 72.7 Å². The van der Waals surface area contributed by atoms with Crippen LogP contribution in [0.25, 0.3) is 0 Å². The summed E-state index contributed by atoms with van der Waals surface area (Å²) in [6, 6.07) is 4.35. The van der Waals surface area contributed by atoms with Crippen LogP contribution in [0.1, 0.15) is 30.6 Å². The van der Waals surface area contributed by atoms with Crippen LogP contribution in [0.4, 0.5) is 5.69 Å². The lowest BCUT2D eigenvalue weighted by molar-refractivity contribution is -0.385. The van der Waals surface area contributed by atoms with Gasteiger partial charge in [0.05, 0.1) is 12.0 Å². The van der Waals surface area contributed by atoms with Gasteiger partial charge in [-0.15, -0.1) is 0 Å². The fourth-order valence-corrected chi connectivity index (χ4v) is 2.98. The van der Waals surface area contributed by atoms with E-state index in [1.165, 1.54) is 19.2 Å². The second kappa shape index (κ2) is 6.11. The fraction of sp³-hybridized carbons (Fsp3) is 0.533. The number of piperidine rings is 1. The molecule has 1 amide bonds. The van der Waals surface area contributed by atoms with Crippen molar-refractivity contribution < 1.29 is 14.5 Å². The molecule has 1 aliphatic heterocycles. The van der Waals surface area contributed by atoms with Gasteiger partial charge in [0, 0.05) is 24.7 Å². The number of carbonyl (C=O) groups is 1. The Balaban J connectivity index is 2.27. The van der Waals surface area contributed by atoms with Crippen LogP contribution in [0.2, 0.25) is 0 Å². The number of hydrogen-bond acceptors (Lipinski definition) is 4. The van der Waals surface area contributed by atoms with Crippen molar-refractivity contribution >= 4 is 11.6 Å². The van der Waals surface area contributed by atoms with Crippen LogP contribution in [0.15, 0.2) is 18.2 Å². The maximum absolute atomic E-state index is 12.5. The molecule has 6 heteroatoms. The van der Waals surface area contributed by atoms with E-state index in [1.54, 1.807) is 11.0 Å². The van der Waals surface area contributed by atoms with E-state index in [0.29, 0.717) is 30.5 Å². The van der Waals surface area contributed by atoms with Crippen molar-refractivity contribution in [3.05, 3.63) is 33.9 Å². The number of likely N-dealkylation sites (tertiary alicyclic amines) is 1. The lowest BCUT2D eigenvalue weighted by atomic mass is 9.91. The monoisotopic (exact) mass is 292 g/mol. The highest BCUT2D eigenvalue weighted by atomic mass is 16.6. The van der Waals surface area contributed by atoms with Crippen molar-refractivity contribution in [2.24, 2.45) is 11.8 Å². The molecule has 2 rings (SSSR count). The quantitative estimate of drug-likeness (QED) is 0.634. The number of nitro groups is 1. The number of rotatable bonds is 3. The highest BCUT2D eigenvalue weighted by Gasteiger charge is 2.27. The molecule has 0 N–H and O–H groups in total. The molecule has 0 aromatic heterocycles. The summed E-state index contributed by atoms with van der Waals surface area (Å²) in [5.74, 6) is 0.910. The Morgan fingerprint density at radius 3 is 2.48 bits per heavy atom. The number of benzene rings is 1. The number of hydrogen-bond donors (Lipinski definition) is 0. The molecular weight excluding hydrogens is 272 g/mol. The molecule has 0 aliphatic carbocycles. The van der Waals surface area contributed by atoms with Crippen molar-refractivity contribution in [2.45, 2.75) is 20.3 Å². The van der Waals surface area contributed by atoms with Crippen LogP contribution in [0, 0.1) is 22.0 Å². The van der Waals surface area contributed by atoms with E-state index in [2.05, 4.69) is 13.8 Å². The van der Waals surface area contributed by atoms with E-state index in [1.807, 2.05) is 0 Å². The number of nitrogens with zero attached hydrogens (tertiary/aromatic N) is 2. The normalized spacial score (nSPS) is 22.0. The van der Waals surface area contributed by atoms with Crippen LogP contribution in [0.5, 0.6) is 5.75 Å². The lowest BCUT2D eigenvalue weighted by Gasteiger charge is -2.35. The first kappa shape index (κ1) is 15.3. The minimum atomic E-state index is -0.531. The molecule has 0 spiro atoms. The van der Waals surface area contributed by atoms with E-state index < -0.39 is 4.92 Å². The van der Waals surface area contributed by atoms with Crippen LogP contribution in [-0.4, -0.2) is 35.9 Å². The molecular formula is C15H20N2O4. The summed E-state index contributed by atoms with van der Waals surface area (Å²) in [7, 11) is 1.37. The molecule has 21 heavy (non-hydrogen) atoms.